The van der Waals surface area contributed by atoms with Crippen LogP contribution in [0.25, 0.3) is 0 Å². The van der Waals surface area contributed by atoms with Crippen molar-refractivity contribution in [3.8, 4) is 0 Å². The van der Waals surface area contributed by atoms with Crippen molar-refractivity contribution >= 4 is 23.4 Å². The fraction of sp³-hybridized carbons (Fsp3) is 0.667. The van der Waals surface area contributed by atoms with Gasteiger partial charge in [-0.05, 0) is 6.42 Å². The third-order valence-corrected chi connectivity index (χ3v) is 3.00. The Morgan fingerprint density at radius 1 is 1.50 bits per heavy atom. The fourth-order valence-corrected chi connectivity index (χ4v) is 1.91. The lowest BCUT2D eigenvalue weighted by molar-refractivity contribution is -0.142. The second-order valence-electron chi connectivity index (χ2n) is 4.63. The summed E-state index contributed by atoms with van der Waals surface area (Å²) in [5, 5.41) is 14.8. The average molecular weight is 343 g/mol. The lowest BCUT2D eigenvalue weighted by Gasteiger charge is -2.21. The van der Waals surface area contributed by atoms with Crippen molar-refractivity contribution in [1.29, 1.82) is 0 Å². The van der Waals surface area contributed by atoms with Crippen LogP contribution in [0.3, 0.4) is 0 Å². The molecule has 0 aromatic carbocycles. The summed E-state index contributed by atoms with van der Waals surface area (Å²) in [5.41, 5.74) is 0. The Balaban J connectivity index is 2.73. The van der Waals surface area contributed by atoms with E-state index >= 15 is 0 Å². The van der Waals surface area contributed by atoms with Crippen molar-refractivity contribution < 1.29 is 23.1 Å². The van der Waals surface area contributed by atoms with E-state index in [1.165, 1.54) is 4.90 Å². The summed E-state index contributed by atoms with van der Waals surface area (Å²) in [6, 6.07) is -0.568. The molecule has 2 N–H and O–H groups in total. The standard InChI is InChI=1S/C12H18ClF3N4O2/c1-2-3-4-19(5-6-21)11(22)17-10-9(13)7-20(18-10)8-12(14,15)16/h7,21H,2-6,8H2,1H3,(H,17,18,22). The zero-order valence-electron chi connectivity index (χ0n) is 12.0. The summed E-state index contributed by atoms with van der Waals surface area (Å²) in [5.74, 6) is -0.143. The predicted octanol–water partition coefficient (Wildman–Crippen LogP) is 2.73. The second-order valence-corrected chi connectivity index (χ2v) is 5.04. The highest BCUT2D eigenvalue weighted by molar-refractivity contribution is 6.33. The van der Waals surface area contributed by atoms with E-state index in [9.17, 15) is 18.0 Å². The van der Waals surface area contributed by atoms with Gasteiger partial charge < -0.3 is 10.0 Å². The predicted molar refractivity (Wildman–Crippen MR) is 75.9 cm³/mol. The van der Waals surface area contributed by atoms with Crippen LogP contribution in [0, 0.1) is 0 Å². The van der Waals surface area contributed by atoms with Gasteiger partial charge in [-0.2, -0.15) is 18.3 Å². The van der Waals surface area contributed by atoms with Crippen molar-refractivity contribution in [1.82, 2.24) is 14.7 Å². The number of halogens is 4. The van der Waals surface area contributed by atoms with Crippen molar-refractivity contribution in [2.75, 3.05) is 25.0 Å². The normalized spacial score (nSPS) is 11.5. The molecule has 0 bridgehead atoms. The molecule has 0 aliphatic heterocycles. The minimum Gasteiger partial charge on any atom is -0.395 e. The number of carbonyl (C=O) groups is 1. The maximum atomic E-state index is 12.3. The lowest BCUT2D eigenvalue weighted by Crippen LogP contribution is -2.38. The second kappa shape index (κ2) is 8.23. The number of hydrogen-bond acceptors (Lipinski definition) is 3. The molecule has 0 saturated heterocycles. The van der Waals surface area contributed by atoms with Crippen LogP contribution in [0.4, 0.5) is 23.8 Å². The minimum atomic E-state index is -4.43. The first-order valence-electron chi connectivity index (χ1n) is 6.73. The number of unbranched alkanes of at least 4 members (excludes halogenated alkanes) is 1. The molecule has 126 valence electrons. The number of hydrogen-bond donors (Lipinski definition) is 2. The highest BCUT2D eigenvalue weighted by atomic mass is 35.5. The van der Waals surface area contributed by atoms with Gasteiger partial charge in [0.2, 0.25) is 0 Å². The van der Waals surface area contributed by atoms with Crippen LogP contribution >= 0.6 is 11.6 Å². The number of aliphatic hydroxyl groups is 1. The molecule has 0 unspecified atom stereocenters. The van der Waals surface area contributed by atoms with Gasteiger partial charge in [-0.15, -0.1) is 0 Å². The number of nitrogens with zero attached hydrogens (tertiary/aromatic N) is 3. The molecular weight excluding hydrogens is 325 g/mol. The third kappa shape index (κ3) is 6.10. The van der Waals surface area contributed by atoms with Crippen LogP contribution in [-0.2, 0) is 6.54 Å². The van der Waals surface area contributed by atoms with Crippen molar-refractivity contribution in [2.24, 2.45) is 0 Å². The van der Waals surface area contributed by atoms with Gasteiger partial charge in [-0.25, -0.2) is 4.79 Å². The number of rotatable bonds is 7. The van der Waals surface area contributed by atoms with Gasteiger partial charge in [0.25, 0.3) is 0 Å². The van der Waals surface area contributed by atoms with Crippen LogP contribution in [0.5, 0.6) is 0 Å². The van der Waals surface area contributed by atoms with Gasteiger partial charge in [-0.3, -0.25) is 10.00 Å². The Morgan fingerprint density at radius 2 is 2.18 bits per heavy atom. The molecule has 22 heavy (non-hydrogen) atoms. The van der Waals surface area contributed by atoms with Crippen LogP contribution in [0.15, 0.2) is 6.20 Å². The van der Waals surface area contributed by atoms with E-state index in [0.29, 0.717) is 11.2 Å². The molecular formula is C12H18ClF3N4O2. The Kier molecular flexibility index (Phi) is 6.95. The van der Waals surface area contributed by atoms with E-state index in [2.05, 4.69) is 10.4 Å². The number of anilines is 1. The zero-order chi connectivity index (χ0) is 16.8. The third-order valence-electron chi connectivity index (χ3n) is 2.72. The van der Waals surface area contributed by atoms with Crippen LogP contribution in [-0.4, -0.2) is 51.7 Å². The summed E-state index contributed by atoms with van der Waals surface area (Å²) in [7, 11) is 0. The van der Waals surface area contributed by atoms with Crippen LogP contribution < -0.4 is 5.32 Å². The van der Waals surface area contributed by atoms with Gasteiger partial charge in [-0.1, -0.05) is 24.9 Å². The monoisotopic (exact) mass is 342 g/mol. The summed E-state index contributed by atoms with van der Waals surface area (Å²) in [6.45, 7) is 0.980. The Bertz CT molecular complexity index is 493. The number of carbonyl (C=O) groups excluding carboxylic acids is 1. The maximum Gasteiger partial charge on any atom is 0.408 e. The zero-order valence-corrected chi connectivity index (χ0v) is 12.8. The highest BCUT2D eigenvalue weighted by Gasteiger charge is 2.29. The van der Waals surface area contributed by atoms with E-state index in [4.69, 9.17) is 16.7 Å². The molecule has 0 aliphatic carbocycles. The number of amides is 2. The number of nitrogens with one attached hydrogen (secondary N) is 1. The molecule has 1 aromatic heterocycles. The van der Waals surface area contributed by atoms with Gasteiger partial charge in [0.15, 0.2) is 5.82 Å². The van der Waals surface area contributed by atoms with E-state index in [1.807, 2.05) is 6.92 Å². The number of alkyl halides is 3. The van der Waals surface area contributed by atoms with Crippen molar-refractivity contribution in [3.05, 3.63) is 11.2 Å². The Labute approximate surface area is 130 Å². The van der Waals surface area contributed by atoms with Crippen molar-refractivity contribution in [3.63, 3.8) is 0 Å². The molecule has 1 aromatic rings. The van der Waals surface area contributed by atoms with Crippen LogP contribution in [0.2, 0.25) is 5.02 Å². The summed E-state index contributed by atoms with van der Waals surface area (Å²) in [6.07, 6.45) is -1.84. The van der Waals surface area contributed by atoms with E-state index in [1.54, 1.807) is 0 Å². The molecule has 10 heteroatoms. The smallest absolute Gasteiger partial charge is 0.395 e. The summed E-state index contributed by atoms with van der Waals surface area (Å²) in [4.78, 5) is 13.4. The van der Waals surface area contributed by atoms with Gasteiger partial charge in [0, 0.05) is 19.3 Å². The first-order valence-corrected chi connectivity index (χ1v) is 7.11. The lowest BCUT2D eigenvalue weighted by atomic mass is 10.3. The van der Waals surface area contributed by atoms with Crippen LogP contribution in [0.1, 0.15) is 19.8 Å². The minimum absolute atomic E-state index is 0.0861. The molecule has 0 radical (unpaired) electrons. The number of aromatic nitrogens is 2. The first-order chi connectivity index (χ1) is 10.3. The SMILES string of the molecule is CCCCN(CCO)C(=O)Nc1nn(CC(F)(F)F)cc1Cl. The summed E-state index contributed by atoms with van der Waals surface area (Å²) >= 11 is 5.77. The highest BCUT2D eigenvalue weighted by Crippen LogP contribution is 2.23. The molecule has 1 rings (SSSR count). The maximum absolute atomic E-state index is 12.3. The van der Waals surface area contributed by atoms with Gasteiger partial charge in [0.05, 0.1) is 6.61 Å². The van der Waals surface area contributed by atoms with E-state index in [-0.39, 0.29) is 24.0 Å². The van der Waals surface area contributed by atoms with Gasteiger partial charge in [0.1, 0.15) is 11.6 Å². The first kappa shape index (κ1) is 18.6. The molecule has 2 amide bonds. The Morgan fingerprint density at radius 3 is 2.73 bits per heavy atom. The molecule has 6 nitrogen and oxygen atoms in total. The molecule has 0 spiro atoms. The van der Waals surface area contributed by atoms with Gasteiger partial charge >= 0.3 is 12.2 Å². The average Bonchev–Trinajstić information content (AvgIpc) is 2.72. The molecule has 0 fully saturated rings. The Hall–Kier alpha value is -1.48. The topological polar surface area (TPSA) is 70.4 Å². The molecule has 0 saturated carbocycles. The molecule has 0 aliphatic rings. The largest absolute Gasteiger partial charge is 0.408 e. The molecule has 1 heterocycles. The fourth-order valence-electron chi connectivity index (χ4n) is 1.71. The summed E-state index contributed by atoms with van der Waals surface area (Å²) < 4.78 is 37.5. The van der Waals surface area contributed by atoms with E-state index < -0.39 is 18.8 Å². The molecule has 0 atom stereocenters. The number of aliphatic hydroxyl groups excluding tert-OH is 1. The van der Waals surface area contributed by atoms with Crippen molar-refractivity contribution in [2.45, 2.75) is 32.5 Å². The van der Waals surface area contributed by atoms with E-state index in [0.717, 1.165) is 19.0 Å². The number of urea groups is 1. The quantitative estimate of drug-likeness (QED) is 0.800.